The van der Waals surface area contributed by atoms with Gasteiger partial charge in [0.1, 0.15) is 0 Å². The Balaban J connectivity index is 1.52. The summed E-state index contributed by atoms with van der Waals surface area (Å²) in [5, 5.41) is 18.2. The second kappa shape index (κ2) is 7.96. The first-order chi connectivity index (χ1) is 13.1. The van der Waals surface area contributed by atoms with Crippen molar-refractivity contribution in [3.63, 3.8) is 0 Å². The molecule has 142 valence electrons. The van der Waals surface area contributed by atoms with Crippen LogP contribution in [0.4, 0.5) is 5.13 Å². The van der Waals surface area contributed by atoms with Gasteiger partial charge in [-0.15, -0.1) is 10.2 Å². The molecule has 0 spiro atoms. The normalized spacial score (nSPS) is 17.6. The summed E-state index contributed by atoms with van der Waals surface area (Å²) in [6.45, 7) is 3.20. The van der Waals surface area contributed by atoms with Crippen LogP contribution in [0.2, 0.25) is 5.02 Å². The molecule has 27 heavy (non-hydrogen) atoms. The van der Waals surface area contributed by atoms with Gasteiger partial charge in [0, 0.05) is 37.0 Å². The van der Waals surface area contributed by atoms with Crippen molar-refractivity contribution in [2.45, 2.75) is 12.8 Å². The van der Waals surface area contributed by atoms with Gasteiger partial charge in [0.05, 0.1) is 11.2 Å². The molecule has 0 bridgehead atoms. The van der Waals surface area contributed by atoms with Crippen molar-refractivity contribution < 1.29 is 0 Å². The Bertz CT molecular complexity index is 892. The number of anilines is 1. The van der Waals surface area contributed by atoms with E-state index in [1.54, 1.807) is 17.5 Å². The van der Waals surface area contributed by atoms with Crippen LogP contribution in [0.3, 0.4) is 0 Å². The Morgan fingerprint density at radius 2 is 2.19 bits per heavy atom. The smallest absolute Gasteiger partial charge is 0.208 e. The molecule has 3 aromatic rings. The van der Waals surface area contributed by atoms with Gasteiger partial charge in [-0.25, -0.2) is 0 Å². The van der Waals surface area contributed by atoms with E-state index < -0.39 is 0 Å². The van der Waals surface area contributed by atoms with Gasteiger partial charge < -0.3 is 9.80 Å². The Morgan fingerprint density at radius 1 is 1.30 bits per heavy atom. The van der Waals surface area contributed by atoms with Gasteiger partial charge in [-0.1, -0.05) is 29.0 Å². The maximum atomic E-state index is 6.55. The summed E-state index contributed by atoms with van der Waals surface area (Å²) < 4.78 is 0. The quantitative estimate of drug-likeness (QED) is 0.698. The third-order valence-electron chi connectivity index (χ3n) is 4.86. The summed E-state index contributed by atoms with van der Waals surface area (Å²) in [6.07, 6.45) is 6.12. The lowest BCUT2D eigenvalue weighted by molar-refractivity contribution is 0.292. The second-order valence-electron chi connectivity index (χ2n) is 7.29. The molecule has 1 unspecified atom stereocenters. The van der Waals surface area contributed by atoms with Crippen LogP contribution in [0.15, 0.2) is 30.6 Å². The highest BCUT2D eigenvalue weighted by molar-refractivity contribution is 7.18. The van der Waals surface area contributed by atoms with E-state index in [-0.39, 0.29) is 0 Å². The number of benzene rings is 1. The van der Waals surface area contributed by atoms with Crippen LogP contribution in [0.1, 0.15) is 12.8 Å². The lowest BCUT2D eigenvalue weighted by atomic mass is 9.98. The number of hydrogen-bond donors (Lipinski definition) is 1. The van der Waals surface area contributed by atoms with Crippen molar-refractivity contribution in [3.05, 3.63) is 35.6 Å². The van der Waals surface area contributed by atoms with Gasteiger partial charge in [0.25, 0.3) is 0 Å². The van der Waals surface area contributed by atoms with E-state index in [0.717, 1.165) is 46.5 Å². The van der Waals surface area contributed by atoms with Crippen LogP contribution in [-0.2, 0) is 0 Å². The molecule has 0 saturated carbocycles. The van der Waals surface area contributed by atoms with Crippen LogP contribution >= 0.6 is 22.9 Å². The van der Waals surface area contributed by atoms with E-state index >= 15 is 0 Å². The molecule has 1 N–H and O–H groups in total. The molecule has 1 aliphatic rings. The fraction of sp³-hybridized carbons (Fsp3) is 0.421. The first-order valence-electron chi connectivity index (χ1n) is 9.12. The lowest BCUT2D eigenvalue weighted by Gasteiger charge is -2.33. The lowest BCUT2D eigenvalue weighted by Crippen LogP contribution is -2.39. The molecular weight excluding hydrogens is 380 g/mol. The Morgan fingerprint density at radius 3 is 2.93 bits per heavy atom. The fourth-order valence-corrected chi connectivity index (χ4v) is 4.88. The first-order valence-corrected chi connectivity index (χ1v) is 10.3. The van der Waals surface area contributed by atoms with Crippen molar-refractivity contribution in [2.75, 3.05) is 38.6 Å². The summed E-state index contributed by atoms with van der Waals surface area (Å²) in [6, 6.07) is 6.01. The number of hydrogen-bond acceptors (Lipinski definition) is 6. The molecule has 2 aromatic heterocycles. The third kappa shape index (κ3) is 4.15. The van der Waals surface area contributed by atoms with Crippen LogP contribution in [0.25, 0.3) is 21.7 Å². The fourth-order valence-electron chi connectivity index (χ4n) is 3.63. The molecular formula is C19H23ClN6S. The van der Waals surface area contributed by atoms with Crippen LogP contribution in [-0.4, -0.2) is 59.0 Å². The zero-order valence-corrected chi connectivity index (χ0v) is 17.1. The third-order valence-corrected chi connectivity index (χ3v) is 6.19. The molecule has 0 radical (unpaired) electrons. The SMILES string of the molecule is CN(C)CC1CCCN(c2nnc(-c3ccc(-c4cn[nH]c4)cc3Cl)s2)C1. The van der Waals surface area contributed by atoms with Crippen molar-refractivity contribution >= 4 is 28.1 Å². The minimum Gasteiger partial charge on any atom is -0.346 e. The number of nitrogens with zero attached hydrogens (tertiary/aromatic N) is 5. The van der Waals surface area contributed by atoms with Crippen LogP contribution < -0.4 is 4.90 Å². The molecule has 1 aliphatic heterocycles. The number of nitrogens with one attached hydrogen (secondary N) is 1. The number of piperidine rings is 1. The van der Waals surface area contributed by atoms with Gasteiger partial charge in [0.15, 0.2) is 5.01 Å². The van der Waals surface area contributed by atoms with Crippen molar-refractivity contribution in [2.24, 2.45) is 5.92 Å². The van der Waals surface area contributed by atoms with E-state index in [1.165, 1.54) is 12.8 Å². The average molecular weight is 403 g/mol. The van der Waals surface area contributed by atoms with E-state index in [4.69, 9.17) is 11.6 Å². The monoisotopic (exact) mass is 402 g/mol. The Kier molecular flexibility index (Phi) is 5.43. The maximum absolute atomic E-state index is 6.55. The highest BCUT2D eigenvalue weighted by Crippen LogP contribution is 2.36. The summed E-state index contributed by atoms with van der Waals surface area (Å²) in [5.74, 6) is 0.680. The number of H-pyrrole nitrogens is 1. The molecule has 1 saturated heterocycles. The van der Waals surface area contributed by atoms with E-state index in [1.807, 2.05) is 24.4 Å². The van der Waals surface area contributed by atoms with Crippen molar-refractivity contribution in [1.29, 1.82) is 0 Å². The van der Waals surface area contributed by atoms with Crippen molar-refractivity contribution in [3.8, 4) is 21.7 Å². The minimum absolute atomic E-state index is 0.680. The van der Waals surface area contributed by atoms with Crippen LogP contribution in [0, 0.1) is 5.92 Å². The van der Waals surface area contributed by atoms with Gasteiger partial charge in [-0.2, -0.15) is 5.10 Å². The van der Waals surface area contributed by atoms with Gasteiger partial charge in [-0.3, -0.25) is 5.10 Å². The molecule has 6 nitrogen and oxygen atoms in total. The Hall–Kier alpha value is -1.96. The molecule has 1 atom stereocenters. The Labute approximate surface area is 168 Å². The average Bonchev–Trinajstić information content (AvgIpc) is 3.33. The first kappa shape index (κ1) is 18.4. The molecule has 1 fully saturated rings. The van der Waals surface area contributed by atoms with E-state index in [0.29, 0.717) is 10.9 Å². The summed E-state index contributed by atoms with van der Waals surface area (Å²) >= 11 is 8.16. The molecule has 1 aromatic carbocycles. The van der Waals surface area contributed by atoms with Gasteiger partial charge in [0.2, 0.25) is 5.13 Å². The minimum atomic E-state index is 0.680. The summed E-state index contributed by atoms with van der Waals surface area (Å²) in [7, 11) is 4.27. The van der Waals surface area contributed by atoms with Crippen molar-refractivity contribution in [1.82, 2.24) is 25.3 Å². The summed E-state index contributed by atoms with van der Waals surface area (Å²) in [4.78, 5) is 4.63. The second-order valence-corrected chi connectivity index (χ2v) is 8.65. The molecule has 4 rings (SSSR count). The maximum Gasteiger partial charge on any atom is 0.208 e. The predicted octanol–water partition coefficient (Wildman–Crippen LogP) is 4.03. The topological polar surface area (TPSA) is 60.9 Å². The van der Waals surface area contributed by atoms with Gasteiger partial charge in [-0.05, 0) is 50.6 Å². The highest BCUT2D eigenvalue weighted by atomic mass is 35.5. The zero-order chi connectivity index (χ0) is 18.8. The molecule has 3 heterocycles. The van der Waals surface area contributed by atoms with E-state index in [2.05, 4.69) is 44.3 Å². The molecule has 0 amide bonds. The largest absolute Gasteiger partial charge is 0.346 e. The standard InChI is InChI=1S/C19H23ClN6S/c1-25(2)11-13-4-3-7-26(12-13)19-24-23-18(27-19)16-6-5-14(8-17(16)20)15-9-21-22-10-15/h5-6,8-10,13H,3-4,7,11-12H2,1-2H3,(H,21,22). The van der Waals surface area contributed by atoms with Crippen LogP contribution in [0.5, 0.6) is 0 Å². The highest BCUT2D eigenvalue weighted by Gasteiger charge is 2.23. The zero-order valence-electron chi connectivity index (χ0n) is 15.5. The summed E-state index contributed by atoms with van der Waals surface area (Å²) in [5.41, 5.74) is 2.97. The molecule has 0 aliphatic carbocycles. The number of aromatic amines is 1. The van der Waals surface area contributed by atoms with Gasteiger partial charge >= 0.3 is 0 Å². The number of halogens is 1. The molecule has 8 heteroatoms. The number of aromatic nitrogens is 4. The van der Waals surface area contributed by atoms with E-state index in [9.17, 15) is 0 Å². The number of rotatable bonds is 5. The predicted molar refractivity (Wildman–Crippen MR) is 111 cm³/mol.